The number of ether oxygens (including phenoxy) is 2. The van der Waals surface area contributed by atoms with Gasteiger partial charge in [-0.1, -0.05) is 0 Å². The van der Waals surface area contributed by atoms with Gasteiger partial charge in [-0.25, -0.2) is 4.39 Å². The monoisotopic (exact) mass is 240 g/mol. The molecule has 0 aliphatic rings. The molecule has 0 unspecified atom stereocenters. The number of carbonyl (C=O) groups excluding carboxylic acids is 1. The molecule has 0 atom stereocenters. The van der Waals surface area contributed by atoms with Gasteiger partial charge in [-0.3, -0.25) is 4.79 Å². The maximum Gasteiger partial charge on any atom is 0.306 e. The zero-order chi connectivity index (χ0) is 12.7. The molecular weight excluding hydrogens is 223 g/mol. The zero-order valence-electron chi connectivity index (χ0n) is 10.1. The fourth-order valence-corrected chi connectivity index (χ4v) is 1.26. The molecule has 0 aliphatic heterocycles. The largest absolute Gasteiger partial charge is 0.494 e. The Morgan fingerprint density at radius 3 is 2.53 bits per heavy atom. The maximum absolute atomic E-state index is 12.6. The minimum Gasteiger partial charge on any atom is -0.494 e. The van der Waals surface area contributed by atoms with Crippen molar-refractivity contribution in [3.8, 4) is 5.75 Å². The van der Waals surface area contributed by atoms with Crippen LogP contribution in [0.4, 0.5) is 4.39 Å². The smallest absolute Gasteiger partial charge is 0.306 e. The van der Waals surface area contributed by atoms with Gasteiger partial charge in [0.25, 0.3) is 0 Å². The minimum absolute atomic E-state index is 0.0829. The normalized spacial score (nSPS) is 10.4. The van der Waals surface area contributed by atoms with Crippen LogP contribution in [-0.4, -0.2) is 18.7 Å². The van der Waals surface area contributed by atoms with E-state index >= 15 is 0 Å². The first-order valence-electron chi connectivity index (χ1n) is 5.66. The van der Waals surface area contributed by atoms with Gasteiger partial charge in [0, 0.05) is 6.42 Å². The van der Waals surface area contributed by atoms with Crippen LogP contribution >= 0.6 is 0 Å². The lowest BCUT2D eigenvalue weighted by molar-refractivity contribution is -0.147. The molecule has 0 spiro atoms. The van der Waals surface area contributed by atoms with Crippen molar-refractivity contribution in [3.05, 3.63) is 30.1 Å². The molecule has 4 heteroatoms. The summed E-state index contributed by atoms with van der Waals surface area (Å²) in [5.41, 5.74) is 0. The molecule has 94 valence electrons. The maximum atomic E-state index is 12.6. The first-order valence-corrected chi connectivity index (χ1v) is 5.66. The van der Waals surface area contributed by atoms with Crippen LogP contribution in [0.25, 0.3) is 0 Å². The molecule has 0 radical (unpaired) electrons. The number of hydrogen-bond acceptors (Lipinski definition) is 3. The van der Waals surface area contributed by atoms with E-state index in [1.807, 2.05) is 13.8 Å². The Morgan fingerprint density at radius 2 is 1.94 bits per heavy atom. The van der Waals surface area contributed by atoms with Gasteiger partial charge in [0.15, 0.2) is 0 Å². The van der Waals surface area contributed by atoms with E-state index in [4.69, 9.17) is 9.47 Å². The third-order valence-electron chi connectivity index (χ3n) is 1.97. The molecule has 1 aromatic carbocycles. The van der Waals surface area contributed by atoms with Crippen molar-refractivity contribution in [3.63, 3.8) is 0 Å². The van der Waals surface area contributed by atoms with Gasteiger partial charge in [0.2, 0.25) is 0 Å². The van der Waals surface area contributed by atoms with E-state index in [1.165, 1.54) is 12.1 Å². The van der Waals surface area contributed by atoms with Crippen LogP contribution in [0.2, 0.25) is 0 Å². The van der Waals surface area contributed by atoms with Gasteiger partial charge in [0.1, 0.15) is 11.6 Å². The molecule has 0 aliphatic carbocycles. The fraction of sp³-hybridized carbons (Fsp3) is 0.462. The van der Waals surface area contributed by atoms with Gasteiger partial charge < -0.3 is 9.47 Å². The lowest BCUT2D eigenvalue weighted by Gasteiger charge is -2.08. The van der Waals surface area contributed by atoms with E-state index in [0.29, 0.717) is 25.2 Å². The summed E-state index contributed by atoms with van der Waals surface area (Å²) in [6.45, 7) is 4.04. The van der Waals surface area contributed by atoms with Crippen molar-refractivity contribution in [2.75, 3.05) is 6.61 Å². The number of halogens is 1. The molecule has 0 saturated carbocycles. The molecular formula is C13H17FO3. The topological polar surface area (TPSA) is 35.5 Å². The van der Waals surface area contributed by atoms with Crippen molar-refractivity contribution in [2.24, 2.45) is 0 Å². The summed E-state index contributed by atoms with van der Waals surface area (Å²) in [7, 11) is 0. The van der Waals surface area contributed by atoms with Gasteiger partial charge in [0.05, 0.1) is 12.7 Å². The minimum atomic E-state index is -0.294. The number of hydrogen-bond donors (Lipinski definition) is 0. The number of benzene rings is 1. The van der Waals surface area contributed by atoms with E-state index in [-0.39, 0.29) is 17.9 Å². The Balaban J connectivity index is 2.16. The lowest BCUT2D eigenvalue weighted by Crippen LogP contribution is -2.12. The predicted octanol–water partition coefficient (Wildman–Crippen LogP) is 2.94. The van der Waals surface area contributed by atoms with Crippen LogP contribution in [0.5, 0.6) is 5.75 Å². The Kier molecular flexibility index (Phi) is 5.46. The van der Waals surface area contributed by atoms with Crippen LogP contribution in [0.3, 0.4) is 0 Å². The van der Waals surface area contributed by atoms with Crippen LogP contribution in [0.1, 0.15) is 26.7 Å². The summed E-state index contributed by atoms with van der Waals surface area (Å²) >= 11 is 0. The highest BCUT2D eigenvalue weighted by molar-refractivity contribution is 5.69. The average molecular weight is 240 g/mol. The Bertz CT molecular complexity index is 346. The van der Waals surface area contributed by atoms with Gasteiger partial charge in [-0.15, -0.1) is 0 Å². The van der Waals surface area contributed by atoms with Gasteiger partial charge >= 0.3 is 5.97 Å². The summed E-state index contributed by atoms with van der Waals surface area (Å²) in [4.78, 5) is 11.2. The number of carbonyl (C=O) groups is 1. The molecule has 3 nitrogen and oxygen atoms in total. The molecule has 0 amide bonds. The lowest BCUT2D eigenvalue weighted by atomic mass is 10.3. The Morgan fingerprint density at radius 1 is 1.29 bits per heavy atom. The third-order valence-corrected chi connectivity index (χ3v) is 1.97. The van der Waals surface area contributed by atoms with E-state index < -0.39 is 0 Å². The van der Waals surface area contributed by atoms with E-state index in [2.05, 4.69) is 0 Å². The van der Waals surface area contributed by atoms with E-state index in [9.17, 15) is 9.18 Å². The van der Waals surface area contributed by atoms with Gasteiger partial charge in [-0.05, 0) is 44.5 Å². The third kappa shape index (κ3) is 5.90. The first-order chi connectivity index (χ1) is 8.08. The van der Waals surface area contributed by atoms with Crippen LogP contribution < -0.4 is 4.74 Å². The Labute approximate surface area is 101 Å². The van der Waals surface area contributed by atoms with Crippen molar-refractivity contribution >= 4 is 5.97 Å². The summed E-state index contributed by atoms with van der Waals surface area (Å²) in [6.07, 6.45) is 0.836. The molecule has 0 fully saturated rings. The molecule has 0 bridgehead atoms. The molecule has 1 rings (SSSR count). The van der Waals surface area contributed by atoms with Crippen molar-refractivity contribution in [1.82, 2.24) is 0 Å². The summed E-state index contributed by atoms with van der Waals surface area (Å²) < 4.78 is 22.9. The van der Waals surface area contributed by atoms with Crippen LogP contribution in [0, 0.1) is 5.82 Å². The molecule has 0 aromatic heterocycles. The second-order valence-corrected chi connectivity index (χ2v) is 3.94. The van der Waals surface area contributed by atoms with Crippen LogP contribution in [0.15, 0.2) is 24.3 Å². The van der Waals surface area contributed by atoms with Crippen molar-refractivity contribution in [2.45, 2.75) is 32.8 Å². The summed E-state index contributed by atoms with van der Waals surface area (Å²) in [6, 6.07) is 5.79. The molecule has 0 saturated heterocycles. The highest BCUT2D eigenvalue weighted by Gasteiger charge is 2.05. The number of rotatable bonds is 6. The fourth-order valence-electron chi connectivity index (χ4n) is 1.26. The molecule has 0 N–H and O–H groups in total. The van der Waals surface area contributed by atoms with Crippen LogP contribution in [-0.2, 0) is 9.53 Å². The van der Waals surface area contributed by atoms with E-state index in [1.54, 1.807) is 12.1 Å². The zero-order valence-corrected chi connectivity index (χ0v) is 10.1. The molecule has 17 heavy (non-hydrogen) atoms. The quantitative estimate of drug-likeness (QED) is 0.566. The summed E-state index contributed by atoms with van der Waals surface area (Å²) in [5.74, 6) is 0.0872. The average Bonchev–Trinajstić information content (AvgIpc) is 2.26. The van der Waals surface area contributed by atoms with Gasteiger partial charge in [-0.2, -0.15) is 0 Å². The second kappa shape index (κ2) is 6.89. The summed E-state index contributed by atoms with van der Waals surface area (Å²) in [5, 5.41) is 0. The standard InChI is InChI=1S/C13H17FO3/c1-10(2)17-13(15)4-3-9-16-12-7-5-11(14)6-8-12/h5-8,10H,3-4,9H2,1-2H3. The van der Waals surface area contributed by atoms with Crippen molar-refractivity contribution in [1.29, 1.82) is 0 Å². The highest BCUT2D eigenvalue weighted by Crippen LogP contribution is 2.11. The predicted molar refractivity (Wildman–Crippen MR) is 62.4 cm³/mol. The SMILES string of the molecule is CC(C)OC(=O)CCCOc1ccc(F)cc1. The number of esters is 1. The second-order valence-electron chi connectivity index (χ2n) is 3.94. The Hall–Kier alpha value is -1.58. The highest BCUT2D eigenvalue weighted by atomic mass is 19.1. The first kappa shape index (κ1) is 13.5. The van der Waals surface area contributed by atoms with E-state index in [0.717, 1.165) is 0 Å². The molecule has 1 aromatic rings. The van der Waals surface area contributed by atoms with Crippen molar-refractivity contribution < 1.29 is 18.7 Å². The molecule has 0 heterocycles.